The zero-order chi connectivity index (χ0) is 21.6. The van der Waals surface area contributed by atoms with Crippen LogP contribution in [0.3, 0.4) is 0 Å². The molecule has 4 rings (SSSR count). The fraction of sp³-hybridized carbons (Fsp3) is 0.0455. The molecule has 1 aliphatic carbocycles. The SMILES string of the molecule is Oc1ccc(Nc2nc(NC3=CC=CC(O)C=C3)nc(Nc3ccc(O)cc3)n2)cc1. The average molecular weight is 416 g/mol. The zero-order valence-corrected chi connectivity index (χ0v) is 16.3. The number of allylic oxidation sites excluding steroid dienone is 3. The van der Waals surface area contributed by atoms with E-state index in [2.05, 4.69) is 30.9 Å². The van der Waals surface area contributed by atoms with Crippen LogP contribution in [0.2, 0.25) is 0 Å². The molecular weight excluding hydrogens is 396 g/mol. The molecule has 0 aliphatic heterocycles. The van der Waals surface area contributed by atoms with E-state index < -0.39 is 6.10 Å². The Labute approximate surface area is 178 Å². The molecular formula is C22H20N6O3. The number of hydrogen-bond acceptors (Lipinski definition) is 9. The summed E-state index contributed by atoms with van der Waals surface area (Å²) >= 11 is 0. The van der Waals surface area contributed by atoms with Crippen molar-refractivity contribution < 1.29 is 15.3 Å². The second kappa shape index (κ2) is 8.97. The van der Waals surface area contributed by atoms with Crippen molar-refractivity contribution in [3.63, 3.8) is 0 Å². The number of nitrogens with one attached hydrogen (secondary N) is 3. The van der Waals surface area contributed by atoms with Gasteiger partial charge in [0.25, 0.3) is 0 Å². The van der Waals surface area contributed by atoms with E-state index in [4.69, 9.17) is 0 Å². The summed E-state index contributed by atoms with van der Waals surface area (Å²) in [4.78, 5) is 13.2. The molecule has 9 nitrogen and oxygen atoms in total. The standard InChI is InChI=1S/C22H20N6O3/c29-17-3-1-2-14(4-9-17)23-20-26-21(24-15-5-10-18(30)11-6-15)28-22(27-20)25-16-7-12-19(31)13-8-16/h1-13,17,29-31H,(H3,23,24,25,26,27,28). The summed E-state index contributed by atoms with van der Waals surface area (Å²) in [5.41, 5.74) is 2.06. The van der Waals surface area contributed by atoms with Gasteiger partial charge in [0, 0.05) is 17.1 Å². The normalized spacial score (nSPS) is 15.1. The number of aromatic nitrogens is 3. The molecule has 1 atom stereocenters. The van der Waals surface area contributed by atoms with Crippen LogP contribution in [0, 0.1) is 0 Å². The topological polar surface area (TPSA) is 135 Å². The Bertz CT molecular complexity index is 1080. The van der Waals surface area contributed by atoms with Gasteiger partial charge in [-0.25, -0.2) is 0 Å². The van der Waals surface area contributed by atoms with E-state index in [1.54, 1.807) is 78.9 Å². The van der Waals surface area contributed by atoms with E-state index in [-0.39, 0.29) is 29.3 Å². The molecule has 9 heteroatoms. The van der Waals surface area contributed by atoms with Crippen LogP contribution in [0.1, 0.15) is 0 Å². The smallest absolute Gasteiger partial charge is 0.233 e. The number of aliphatic hydroxyl groups is 1. The van der Waals surface area contributed by atoms with Crippen molar-refractivity contribution in [2.45, 2.75) is 6.10 Å². The molecule has 0 fully saturated rings. The van der Waals surface area contributed by atoms with E-state index in [0.29, 0.717) is 17.1 Å². The highest BCUT2D eigenvalue weighted by Gasteiger charge is 2.09. The maximum Gasteiger partial charge on any atom is 0.233 e. The van der Waals surface area contributed by atoms with Crippen molar-refractivity contribution in [1.82, 2.24) is 15.0 Å². The molecule has 0 bridgehead atoms. The van der Waals surface area contributed by atoms with Crippen molar-refractivity contribution in [3.05, 3.63) is 84.6 Å². The Morgan fingerprint density at radius 1 is 0.645 bits per heavy atom. The Morgan fingerprint density at radius 3 is 1.65 bits per heavy atom. The number of rotatable bonds is 6. The highest BCUT2D eigenvalue weighted by Crippen LogP contribution is 2.22. The van der Waals surface area contributed by atoms with E-state index in [1.807, 2.05) is 0 Å². The molecule has 1 heterocycles. The van der Waals surface area contributed by atoms with Gasteiger partial charge in [0.05, 0.1) is 6.10 Å². The molecule has 1 unspecified atom stereocenters. The Balaban J connectivity index is 1.63. The Morgan fingerprint density at radius 2 is 1.13 bits per heavy atom. The number of aliphatic hydroxyl groups excluding tert-OH is 1. The van der Waals surface area contributed by atoms with Crippen LogP contribution >= 0.6 is 0 Å². The fourth-order valence-corrected chi connectivity index (χ4v) is 2.70. The highest BCUT2D eigenvalue weighted by molar-refractivity contribution is 5.61. The first-order valence-electron chi connectivity index (χ1n) is 9.43. The van der Waals surface area contributed by atoms with Crippen LogP contribution in [-0.4, -0.2) is 36.4 Å². The van der Waals surface area contributed by atoms with Gasteiger partial charge < -0.3 is 31.3 Å². The summed E-state index contributed by atoms with van der Waals surface area (Å²) < 4.78 is 0. The number of phenols is 2. The van der Waals surface area contributed by atoms with E-state index in [9.17, 15) is 15.3 Å². The summed E-state index contributed by atoms with van der Waals surface area (Å²) in [5.74, 6) is 1.14. The lowest BCUT2D eigenvalue weighted by Crippen LogP contribution is -2.09. The lowest BCUT2D eigenvalue weighted by molar-refractivity contribution is 0.272. The van der Waals surface area contributed by atoms with Crippen molar-refractivity contribution in [2.75, 3.05) is 16.0 Å². The second-order valence-electron chi connectivity index (χ2n) is 6.63. The summed E-state index contributed by atoms with van der Waals surface area (Å²) in [7, 11) is 0. The van der Waals surface area contributed by atoms with Gasteiger partial charge in [-0.05, 0) is 60.7 Å². The van der Waals surface area contributed by atoms with Gasteiger partial charge >= 0.3 is 0 Å². The summed E-state index contributed by atoms with van der Waals surface area (Å²) in [6.07, 6.45) is 7.88. The number of benzene rings is 2. The minimum absolute atomic E-state index is 0.153. The predicted octanol–water partition coefficient (Wildman–Crippen LogP) is 3.55. The average Bonchev–Trinajstić information content (AvgIpc) is 2.95. The van der Waals surface area contributed by atoms with Gasteiger partial charge in [0.2, 0.25) is 17.8 Å². The maximum absolute atomic E-state index is 9.70. The van der Waals surface area contributed by atoms with Gasteiger partial charge in [-0.2, -0.15) is 15.0 Å². The van der Waals surface area contributed by atoms with Crippen LogP contribution in [0.4, 0.5) is 29.2 Å². The number of anilines is 5. The monoisotopic (exact) mass is 416 g/mol. The van der Waals surface area contributed by atoms with Gasteiger partial charge in [-0.3, -0.25) is 0 Å². The maximum atomic E-state index is 9.70. The number of aromatic hydroxyl groups is 2. The van der Waals surface area contributed by atoms with Crippen molar-refractivity contribution in [2.24, 2.45) is 0 Å². The fourth-order valence-electron chi connectivity index (χ4n) is 2.70. The first-order chi connectivity index (χ1) is 15.0. The van der Waals surface area contributed by atoms with Crippen LogP contribution in [-0.2, 0) is 0 Å². The van der Waals surface area contributed by atoms with Crippen LogP contribution in [0.5, 0.6) is 11.5 Å². The van der Waals surface area contributed by atoms with E-state index in [0.717, 1.165) is 0 Å². The number of hydrogen-bond donors (Lipinski definition) is 6. The molecule has 6 N–H and O–H groups in total. The molecule has 3 aromatic rings. The third-order valence-electron chi connectivity index (χ3n) is 4.20. The molecule has 1 aromatic heterocycles. The first-order valence-corrected chi connectivity index (χ1v) is 9.43. The third-order valence-corrected chi connectivity index (χ3v) is 4.20. The van der Waals surface area contributed by atoms with Crippen molar-refractivity contribution >= 4 is 29.2 Å². The van der Waals surface area contributed by atoms with Crippen molar-refractivity contribution in [3.8, 4) is 11.5 Å². The molecule has 0 radical (unpaired) electrons. The number of nitrogens with zero attached hydrogens (tertiary/aromatic N) is 3. The lowest BCUT2D eigenvalue weighted by atomic mass is 10.3. The molecule has 0 saturated heterocycles. The van der Waals surface area contributed by atoms with Gasteiger partial charge in [-0.15, -0.1) is 0 Å². The highest BCUT2D eigenvalue weighted by atomic mass is 16.3. The van der Waals surface area contributed by atoms with Crippen molar-refractivity contribution in [1.29, 1.82) is 0 Å². The van der Waals surface area contributed by atoms with Gasteiger partial charge in [0.15, 0.2) is 0 Å². The number of phenolic OH excluding ortho intramolecular Hbond substituents is 2. The summed E-state index contributed by atoms with van der Waals surface area (Å²) in [5, 5.41) is 37.9. The molecule has 0 spiro atoms. The minimum Gasteiger partial charge on any atom is -0.508 e. The lowest BCUT2D eigenvalue weighted by Gasteiger charge is -2.12. The largest absolute Gasteiger partial charge is 0.508 e. The molecule has 156 valence electrons. The van der Waals surface area contributed by atoms with Gasteiger partial charge in [0.1, 0.15) is 11.5 Å². The Kier molecular flexibility index (Phi) is 5.77. The minimum atomic E-state index is -0.660. The molecule has 0 saturated carbocycles. The van der Waals surface area contributed by atoms with E-state index in [1.165, 1.54) is 0 Å². The van der Waals surface area contributed by atoms with Crippen LogP contribution in [0.25, 0.3) is 0 Å². The molecule has 0 amide bonds. The summed E-state index contributed by atoms with van der Waals surface area (Å²) in [6, 6.07) is 13.0. The Hall–Kier alpha value is -4.37. The molecule has 2 aromatic carbocycles. The van der Waals surface area contributed by atoms with Crippen LogP contribution < -0.4 is 16.0 Å². The molecule has 1 aliphatic rings. The van der Waals surface area contributed by atoms with E-state index >= 15 is 0 Å². The van der Waals surface area contributed by atoms with Crippen LogP contribution in [0.15, 0.2) is 84.6 Å². The third kappa shape index (κ3) is 5.58. The zero-order valence-electron chi connectivity index (χ0n) is 16.3. The second-order valence-corrected chi connectivity index (χ2v) is 6.63. The first kappa shape index (κ1) is 19.9. The molecule has 31 heavy (non-hydrogen) atoms. The quantitative estimate of drug-likeness (QED) is 0.333. The summed E-state index contributed by atoms with van der Waals surface area (Å²) in [6.45, 7) is 0. The predicted molar refractivity (Wildman–Crippen MR) is 119 cm³/mol. The van der Waals surface area contributed by atoms with Gasteiger partial charge in [-0.1, -0.05) is 18.2 Å².